The summed E-state index contributed by atoms with van der Waals surface area (Å²) in [6.07, 6.45) is 4.60. The van der Waals surface area contributed by atoms with Crippen molar-refractivity contribution < 1.29 is 0 Å². The van der Waals surface area contributed by atoms with Crippen LogP contribution in [-0.4, -0.2) is 20.2 Å². The van der Waals surface area contributed by atoms with Gasteiger partial charge in [-0.3, -0.25) is 5.10 Å². The van der Waals surface area contributed by atoms with Gasteiger partial charge in [0.15, 0.2) is 5.82 Å². The van der Waals surface area contributed by atoms with Crippen molar-refractivity contribution in [3.63, 3.8) is 0 Å². The zero-order chi connectivity index (χ0) is 9.10. The number of nitrogens with one attached hydrogen (secondary N) is 2. The highest BCUT2D eigenvalue weighted by molar-refractivity contribution is 5.65. The number of nitrogens with zero attached hydrogens (tertiary/aromatic N) is 3. The number of aromatic amines is 1. The van der Waals surface area contributed by atoms with Gasteiger partial charge in [0.25, 0.3) is 0 Å². The van der Waals surface area contributed by atoms with Gasteiger partial charge in [-0.25, -0.2) is 9.97 Å². The van der Waals surface area contributed by atoms with Gasteiger partial charge >= 0.3 is 0 Å². The normalized spacial score (nSPS) is 9.85. The number of nitrogen functional groups attached to an aromatic ring is 1. The van der Waals surface area contributed by atoms with Gasteiger partial charge in [0.05, 0.1) is 18.1 Å². The van der Waals surface area contributed by atoms with Crippen molar-refractivity contribution >= 4 is 17.3 Å². The fourth-order valence-corrected chi connectivity index (χ4v) is 0.898. The van der Waals surface area contributed by atoms with Crippen LogP contribution in [0.5, 0.6) is 0 Å². The van der Waals surface area contributed by atoms with Crippen molar-refractivity contribution in [3.05, 3.63) is 24.8 Å². The van der Waals surface area contributed by atoms with E-state index < -0.39 is 0 Å². The number of hydrogen-bond acceptors (Lipinski definition) is 5. The van der Waals surface area contributed by atoms with E-state index in [1.54, 1.807) is 12.3 Å². The Balaban J connectivity index is 2.24. The molecule has 13 heavy (non-hydrogen) atoms. The Kier molecular flexibility index (Phi) is 1.79. The molecule has 0 fully saturated rings. The van der Waals surface area contributed by atoms with E-state index in [4.69, 9.17) is 5.73 Å². The van der Waals surface area contributed by atoms with Crippen LogP contribution in [0.25, 0.3) is 0 Å². The minimum atomic E-state index is 0.497. The van der Waals surface area contributed by atoms with Gasteiger partial charge in [0.2, 0.25) is 0 Å². The van der Waals surface area contributed by atoms with Crippen LogP contribution in [0.4, 0.5) is 17.3 Å². The largest absolute Gasteiger partial charge is 0.394 e. The predicted molar refractivity (Wildman–Crippen MR) is 48.3 cm³/mol. The second-order valence-electron chi connectivity index (χ2n) is 2.42. The zero-order valence-corrected chi connectivity index (χ0v) is 6.73. The van der Waals surface area contributed by atoms with E-state index in [1.165, 1.54) is 12.5 Å². The van der Waals surface area contributed by atoms with Gasteiger partial charge in [-0.2, -0.15) is 5.10 Å². The summed E-state index contributed by atoms with van der Waals surface area (Å²) in [6.45, 7) is 0. The molecule has 0 spiro atoms. The second-order valence-corrected chi connectivity index (χ2v) is 2.42. The van der Waals surface area contributed by atoms with Gasteiger partial charge in [0, 0.05) is 6.07 Å². The SMILES string of the molecule is Nc1cncnc1Nc1ccn[nH]1. The minimum Gasteiger partial charge on any atom is -0.394 e. The maximum atomic E-state index is 5.62. The van der Waals surface area contributed by atoms with Crippen LogP contribution in [-0.2, 0) is 0 Å². The lowest BCUT2D eigenvalue weighted by molar-refractivity contribution is 1.08. The molecule has 6 heteroatoms. The monoisotopic (exact) mass is 176 g/mol. The first-order valence-corrected chi connectivity index (χ1v) is 3.68. The first kappa shape index (κ1) is 7.53. The maximum absolute atomic E-state index is 5.62. The van der Waals surface area contributed by atoms with Crippen molar-refractivity contribution in [2.45, 2.75) is 0 Å². The molecule has 2 rings (SSSR count). The van der Waals surface area contributed by atoms with E-state index >= 15 is 0 Å². The predicted octanol–water partition coefficient (Wildman–Crippen LogP) is 0.526. The molecule has 0 aromatic carbocycles. The highest BCUT2D eigenvalue weighted by Gasteiger charge is 2.00. The molecule has 0 aliphatic carbocycles. The van der Waals surface area contributed by atoms with Crippen LogP contribution in [0.3, 0.4) is 0 Å². The molecule has 6 nitrogen and oxygen atoms in total. The molecule has 0 aliphatic heterocycles. The Hall–Kier alpha value is -2.11. The lowest BCUT2D eigenvalue weighted by atomic mass is 10.5. The Morgan fingerprint density at radius 1 is 1.46 bits per heavy atom. The van der Waals surface area contributed by atoms with Crippen LogP contribution in [0.15, 0.2) is 24.8 Å². The molecule has 0 aliphatic rings. The van der Waals surface area contributed by atoms with Crippen LogP contribution in [0.1, 0.15) is 0 Å². The van der Waals surface area contributed by atoms with E-state index in [1.807, 2.05) is 0 Å². The van der Waals surface area contributed by atoms with Gasteiger partial charge in [-0.15, -0.1) is 0 Å². The Morgan fingerprint density at radius 2 is 2.38 bits per heavy atom. The molecule has 0 saturated carbocycles. The molecule has 66 valence electrons. The second kappa shape index (κ2) is 3.10. The highest BCUT2D eigenvalue weighted by Crippen LogP contribution is 2.16. The zero-order valence-electron chi connectivity index (χ0n) is 6.73. The Bertz CT molecular complexity index is 382. The third-order valence-electron chi connectivity index (χ3n) is 1.49. The Labute approximate surface area is 74.2 Å². The number of hydrogen-bond donors (Lipinski definition) is 3. The molecule has 2 heterocycles. The molecular weight excluding hydrogens is 168 g/mol. The number of nitrogens with two attached hydrogens (primary N) is 1. The van der Waals surface area contributed by atoms with Crippen LogP contribution in [0, 0.1) is 0 Å². The van der Waals surface area contributed by atoms with Crippen molar-refractivity contribution in [1.82, 2.24) is 20.2 Å². The minimum absolute atomic E-state index is 0.497. The summed E-state index contributed by atoms with van der Waals surface area (Å²) >= 11 is 0. The van der Waals surface area contributed by atoms with E-state index in [0.29, 0.717) is 11.5 Å². The van der Waals surface area contributed by atoms with E-state index in [9.17, 15) is 0 Å². The van der Waals surface area contributed by atoms with Crippen molar-refractivity contribution in [2.75, 3.05) is 11.1 Å². The lowest BCUT2D eigenvalue weighted by Gasteiger charge is -2.03. The third kappa shape index (κ3) is 1.56. The van der Waals surface area contributed by atoms with Crippen molar-refractivity contribution in [1.29, 1.82) is 0 Å². The van der Waals surface area contributed by atoms with Gasteiger partial charge in [0.1, 0.15) is 12.1 Å². The first-order valence-electron chi connectivity index (χ1n) is 3.68. The summed E-state index contributed by atoms with van der Waals surface area (Å²) in [4.78, 5) is 7.73. The highest BCUT2D eigenvalue weighted by atomic mass is 15.2. The van der Waals surface area contributed by atoms with E-state index in [0.717, 1.165) is 5.82 Å². The molecule has 0 radical (unpaired) electrons. The molecule has 0 amide bonds. The summed E-state index contributed by atoms with van der Waals surface area (Å²) in [5, 5.41) is 9.47. The maximum Gasteiger partial charge on any atom is 0.158 e. The first-order chi connectivity index (χ1) is 6.36. The fourth-order valence-electron chi connectivity index (χ4n) is 0.898. The third-order valence-corrected chi connectivity index (χ3v) is 1.49. The summed E-state index contributed by atoms with van der Waals surface area (Å²) < 4.78 is 0. The van der Waals surface area contributed by atoms with Gasteiger partial charge < -0.3 is 11.1 Å². The van der Waals surface area contributed by atoms with Crippen LogP contribution < -0.4 is 11.1 Å². The number of aromatic nitrogens is 4. The number of anilines is 3. The quantitative estimate of drug-likeness (QED) is 0.620. The molecule has 4 N–H and O–H groups in total. The molecule has 2 aromatic heterocycles. The summed E-state index contributed by atoms with van der Waals surface area (Å²) in [7, 11) is 0. The molecule has 0 unspecified atom stereocenters. The summed E-state index contributed by atoms with van der Waals surface area (Å²) in [5.41, 5.74) is 6.11. The summed E-state index contributed by atoms with van der Waals surface area (Å²) in [5.74, 6) is 1.31. The number of H-pyrrole nitrogens is 1. The van der Waals surface area contributed by atoms with E-state index in [-0.39, 0.29) is 0 Å². The molecular formula is C7H8N6. The lowest BCUT2D eigenvalue weighted by Crippen LogP contribution is -1.99. The topological polar surface area (TPSA) is 92.5 Å². The Morgan fingerprint density at radius 3 is 3.08 bits per heavy atom. The average molecular weight is 176 g/mol. The number of rotatable bonds is 2. The van der Waals surface area contributed by atoms with Gasteiger partial charge in [-0.05, 0) is 0 Å². The fraction of sp³-hybridized carbons (Fsp3) is 0. The van der Waals surface area contributed by atoms with Gasteiger partial charge in [-0.1, -0.05) is 0 Å². The van der Waals surface area contributed by atoms with Crippen molar-refractivity contribution in [2.24, 2.45) is 0 Å². The van der Waals surface area contributed by atoms with E-state index in [2.05, 4.69) is 25.5 Å². The molecule has 0 atom stereocenters. The standard InChI is InChI=1S/C7H8N6/c8-5-3-9-4-10-7(5)12-6-1-2-11-13-6/h1-4H,8H2,(H2,9,10,11,12,13). The van der Waals surface area contributed by atoms with Crippen LogP contribution in [0.2, 0.25) is 0 Å². The molecule has 0 bridgehead atoms. The summed E-state index contributed by atoms with van der Waals surface area (Å²) in [6, 6.07) is 1.78. The smallest absolute Gasteiger partial charge is 0.158 e. The van der Waals surface area contributed by atoms with Crippen LogP contribution >= 0.6 is 0 Å². The van der Waals surface area contributed by atoms with Crippen molar-refractivity contribution in [3.8, 4) is 0 Å². The molecule has 2 aromatic rings. The molecule has 0 saturated heterocycles. The average Bonchev–Trinajstić information content (AvgIpc) is 2.61.